The van der Waals surface area contributed by atoms with Gasteiger partial charge in [0.25, 0.3) is 0 Å². The van der Waals surface area contributed by atoms with Crippen molar-refractivity contribution in [1.82, 2.24) is 5.32 Å². The van der Waals surface area contributed by atoms with Gasteiger partial charge in [0.05, 0.1) is 5.41 Å². The zero-order valence-electron chi connectivity index (χ0n) is 11.7. The van der Waals surface area contributed by atoms with E-state index in [9.17, 15) is 4.79 Å². The van der Waals surface area contributed by atoms with Crippen LogP contribution in [0.2, 0.25) is 0 Å². The predicted molar refractivity (Wildman–Crippen MR) is 68.6 cm³/mol. The highest BCUT2D eigenvalue weighted by Gasteiger charge is 2.36. The molecule has 0 aliphatic carbocycles. The quantitative estimate of drug-likeness (QED) is 0.735. The van der Waals surface area contributed by atoms with Crippen LogP contribution in [-0.2, 0) is 9.53 Å². The molecule has 1 aliphatic heterocycles. The molecule has 1 heterocycles. The number of carbonyl (C=O) groups excluding carboxylic acids is 1. The Labute approximate surface area is 104 Å². The molecule has 4 nitrogen and oxygen atoms in total. The number of hydrogen-bond acceptors (Lipinski definition) is 4. The molecule has 1 saturated heterocycles. The van der Waals surface area contributed by atoms with Crippen LogP contribution < -0.4 is 11.1 Å². The number of nitrogens with two attached hydrogens (primary N) is 1. The largest absolute Gasteiger partial charge is 0.462 e. The summed E-state index contributed by atoms with van der Waals surface area (Å²) >= 11 is 0. The van der Waals surface area contributed by atoms with Gasteiger partial charge in [0.2, 0.25) is 0 Å². The fourth-order valence-corrected chi connectivity index (χ4v) is 2.32. The monoisotopic (exact) mass is 242 g/mol. The van der Waals surface area contributed by atoms with E-state index in [0.29, 0.717) is 12.6 Å². The first-order valence-electron chi connectivity index (χ1n) is 6.35. The topological polar surface area (TPSA) is 64.3 Å². The highest BCUT2D eigenvalue weighted by molar-refractivity contribution is 5.76. The second-order valence-electron chi connectivity index (χ2n) is 6.48. The molecule has 1 fully saturated rings. The van der Waals surface area contributed by atoms with E-state index in [1.54, 1.807) is 0 Å². The van der Waals surface area contributed by atoms with Gasteiger partial charge in [-0.3, -0.25) is 4.79 Å². The molecule has 2 unspecified atom stereocenters. The van der Waals surface area contributed by atoms with E-state index in [-0.39, 0.29) is 17.6 Å². The van der Waals surface area contributed by atoms with Gasteiger partial charge in [-0.1, -0.05) is 0 Å². The first-order chi connectivity index (χ1) is 7.66. The Kier molecular flexibility index (Phi) is 4.20. The van der Waals surface area contributed by atoms with Crippen molar-refractivity contribution in [3.05, 3.63) is 0 Å². The molecular weight excluding hydrogens is 216 g/mol. The Morgan fingerprint density at radius 1 is 1.53 bits per heavy atom. The highest BCUT2D eigenvalue weighted by Crippen LogP contribution is 2.26. The molecule has 0 spiro atoms. The van der Waals surface area contributed by atoms with Gasteiger partial charge in [0.1, 0.15) is 6.10 Å². The Hall–Kier alpha value is -0.610. The Morgan fingerprint density at radius 2 is 2.12 bits per heavy atom. The van der Waals surface area contributed by atoms with Gasteiger partial charge in [0, 0.05) is 24.5 Å². The third-order valence-corrected chi connectivity index (χ3v) is 3.33. The molecule has 0 aromatic carbocycles. The minimum Gasteiger partial charge on any atom is -0.462 e. The molecule has 0 aromatic rings. The average molecular weight is 242 g/mol. The normalized spacial score (nSPS) is 28.8. The van der Waals surface area contributed by atoms with Crippen molar-refractivity contribution in [2.24, 2.45) is 11.1 Å². The maximum Gasteiger partial charge on any atom is 0.313 e. The molecule has 0 bridgehead atoms. The first-order valence-corrected chi connectivity index (χ1v) is 6.35. The van der Waals surface area contributed by atoms with E-state index < -0.39 is 5.41 Å². The van der Waals surface area contributed by atoms with Gasteiger partial charge in [-0.15, -0.1) is 0 Å². The van der Waals surface area contributed by atoms with Crippen molar-refractivity contribution < 1.29 is 9.53 Å². The number of nitrogens with one attached hydrogen (secondary N) is 1. The number of esters is 1. The van der Waals surface area contributed by atoms with Crippen LogP contribution in [0.15, 0.2) is 0 Å². The van der Waals surface area contributed by atoms with Crippen molar-refractivity contribution in [2.45, 2.75) is 65.1 Å². The van der Waals surface area contributed by atoms with Gasteiger partial charge in [-0.05, 0) is 41.0 Å². The van der Waals surface area contributed by atoms with Crippen LogP contribution in [0.3, 0.4) is 0 Å². The van der Waals surface area contributed by atoms with Gasteiger partial charge >= 0.3 is 5.97 Å². The zero-order chi connectivity index (χ0) is 13.3. The van der Waals surface area contributed by atoms with Crippen molar-refractivity contribution in [1.29, 1.82) is 0 Å². The standard InChI is InChI=1S/C13H26N2O2/c1-9-6-10(7-13(4,5)15-9)17-11(16)12(2,3)8-14/h9-10,15H,6-8,14H2,1-5H3. The molecule has 0 radical (unpaired) electrons. The number of rotatable bonds is 3. The number of carbonyl (C=O) groups is 1. The van der Waals surface area contributed by atoms with Crippen LogP contribution >= 0.6 is 0 Å². The maximum atomic E-state index is 12.0. The average Bonchev–Trinajstić information content (AvgIpc) is 2.14. The van der Waals surface area contributed by atoms with Crippen LogP contribution in [0.4, 0.5) is 0 Å². The van der Waals surface area contributed by atoms with Crippen LogP contribution in [0, 0.1) is 5.41 Å². The molecule has 100 valence electrons. The van der Waals surface area contributed by atoms with Gasteiger partial charge in [-0.25, -0.2) is 0 Å². The fourth-order valence-electron chi connectivity index (χ4n) is 2.32. The van der Waals surface area contributed by atoms with Gasteiger partial charge in [0.15, 0.2) is 0 Å². The lowest BCUT2D eigenvalue weighted by atomic mass is 9.87. The molecular formula is C13H26N2O2. The second-order valence-corrected chi connectivity index (χ2v) is 6.48. The summed E-state index contributed by atoms with van der Waals surface area (Å²) in [4.78, 5) is 12.0. The number of ether oxygens (including phenoxy) is 1. The van der Waals surface area contributed by atoms with Crippen molar-refractivity contribution in [3.8, 4) is 0 Å². The lowest BCUT2D eigenvalue weighted by Crippen LogP contribution is -2.54. The van der Waals surface area contributed by atoms with Gasteiger partial charge < -0.3 is 15.8 Å². The molecule has 3 N–H and O–H groups in total. The minimum absolute atomic E-state index is 0.000394. The molecule has 4 heteroatoms. The highest BCUT2D eigenvalue weighted by atomic mass is 16.5. The molecule has 0 amide bonds. The summed E-state index contributed by atoms with van der Waals surface area (Å²) in [7, 11) is 0. The van der Waals surface area contributed by atoms with Crippen molar-refractivity contribution in [2.75, 3.05) is 6.54 Å². The zero-order valence-corrected chi connectivity index (χ0v) is 11.7. The van der Waals surface area contributed by atoms with Crippen LogP contribution in [0.5, 0.6) is 0 Å². The molecule has 1 aliphatic rings. The van der Waals surface area contributed by atoms with E-state index in [2.05, 4.69) is 26.1 Å². The number of hydrogen-bond donors (Lipinski definition) is 2. The maximum absolute atomic E-state index is 12.0. The van der Waals surface area contributed by atoms with Crippen LogP contribution in [0.1, 0.15) is 47.5 Å². The molecule has 1 rings (SSSR count). The van der Waals surface area contributed by atoms with E-state index in [1.165, 1.54) is 0 Å². The number of piperidine rings is 1. The Morgan fingerprint density at radius 3 is 2.59 bits per heavy atom. The third kappa shape index (κ3) is 3.96. The summed E-state index contributed by atoms with van der Waals surface area (Å²) < 4.78 is 5.59. The summed E-state index contributed by atoms with van der Waals surface area (Å²) in [5, 5.41) is 3.50. The van der Waals surface area contributed by atoms with E-state index in [0.717, 1.165) is 12.8 Å². The predicted octanol–water partition coefficient (Wildman–Crippen LogP) is 1.43. The molecule has 17 heavy (non-hydrogen) atoms. The summed E-state index contributed by atoms with van der Waals surface area (Å²) in [6, 6.07) is 0.373. The van der Waals surface area contributed by atoms with Crippen molar-refractivity contribution >= 4 is 5.97 Å². The third-order valence-electron chi connectivity index (χ3n) is 3.33. The molecule has 0 aromatic heterocycles. The summed E-state index contributed by atoms with van der Waals surface area (Å²) in [5.74, 6) is -0.185. The van der Waals surface area contributed by atoms with E-state index in [1.807, 2.05) is 13.8 Å². The first kappa shape index (κ1) is 14.5. The molecule has 2 atom stereocenters. The lowest BCUT2D eigenvalue weighted by molar-refractivity contribution is -0.162. The smallest absolute Gasteiger partial charge is 0.313 e. The van der Waals surface area contributed by atoms with Gasteiger partial charge in [-0.2, -0.15) is 0 Å². The van der Waals surface area contributed by atoms with Crippen LogP contribution in [-0.4, -0.2) is 30.2 Å². The Bertz CT molecular complexity index is 287. The Balaban J connectivity index is 2.60. The van der Waals surface area contributed by atoms with Crippen molar-refractivity contribution in [3.63, 3.8) is 0 Å². The van der Waals surface area contributed by atoms with E-state index in [4.69, 9.17) is 10.5 Å². The fraction of sp³-hybridized carbons (Fsp3) is 0.923. The van der Waals surface area contributed by atoms with E-state index >= 15 is 0 Å². The lowest BCUT2D eigenvalue weighted by Gasteiger charge is -2.40. The van der Waals surface area contributed by atoms with Crippen LogP contribution in [0.25, 0.3) is 0 Å². The summed E-state index contributed by atoms with van der Waals surface area (Å²) in [6.07, 6.45) is 1.72. The summed E-state index contributed by atoms with van der Waals surface area (Å²) in [5.41, 5.74) is 5.02. The second kappa shape index (κ2) is 4.94. The molecule has 0 saturated carbocycles. The summed E-state index contributed by atoms with van der Waals surface area (Å²) in [6.45, 7) is 10.4. The SMILES string of the molecule is CC1CC(OC(=O)C(C)(C)CN)CC(C)(C)N1. The minimum atomic E-state index is -0.585.